The summed E-state index contributed by atoms with van der Waals surface area (Å²) in [4.78, 5) is 4.02. The van der Waals surface area contributed by atoms with E-state index in [1.165, 1.54) is 0 Å². The van der Waals surface area contributed by atoms with Gasteiger partial charge in [-0.3, -0.25) is 0 Å². The van der Waals surface area contributed by atoms with Gasteiger partial charge in [-0.05, 0) is 13.8 Å². The molecule has 0 aliphatic carbocycles. The maximum absolute atomic E-state index is 8.97. The second-order valence-corrected chi connectivity index (χ2v) is 2.56. The Kier molecular flexibility index (Phi) is 2.06. The molecule has 0 amide bonds. The zero-order valence-corrected chi connectivity index (χ0v) is 6.28. The number of aromatic nitrogens is 2. The quantitative estimate of drug-likeness (QED) is 0.652. The van der Waals surface area contributed by atoms with E-state index >= 15 is 0 Å². The van der Waals surface area contributed by atoms with Gasteiger partial charge >= 0.3 is 0 Å². The van der Waals surface area contributed by atoms with Crippen LogP contribution in [0.15, 0.2) is 12.5 Å². The topological polar surface area (TPSA) is 38.0 Å². The van der Waals surface area contributed by atoms with Crippen LogP contribution in [-0.2, 0) is 6.54 Å². The Morgan fingerprint density at radius 1 is 1.80 bits per heavy atom. The zero-order chi connectivity index (χ0) is 7.56. The van der Waals surface area contributed by atoms with Gasteiger partial charge in [0.05, 0.1) is 18.1 Å². The third kappa shape index (κ3) is 1.84. The van der Waals surface area contributed by atoms with Crippen LogP contribution in [0, 0.1) is 6.92 Å². The van der Waals surface area contributed by atoms with Gasteiger partial charge in [0.1, 0.15) is 0 Å². The van der Waals surface area contributed by atoms with Crippen LogP contribution in [0.5, 0.6) is 0 Å². The van der Waals surface area contributed by atoms with Crippen molar-refractivity contribution in [3.05, 3.63) is 18.2 Å². The molecular formula is C7H12N2O. The average molecular weight is 140 g/mol. The lowest BCUT2D eigenvalue weighted by Gasteiger charge is -2.02. The third-order valence-corrected chi connectivity index (χ3v) is 1.24. The number of imidazole rings is 1. The zero-order valence-electron chi connectivity index (χ0n) is 6.28. The lowest BCUT2D eigenvalue weighted by atomic mass is 10.4. The minimum Gasteiger partial charge on any atom is -0.392 e. The molecule has 10 heavy (non-hydrogen) atoms. The molecule has 1 aromatic rings. The van der Waals surface area contributed by atoms with Crippen LogP contribution in [0.25, 0.3) is 0 Å². The molecule has 1 unspecified atom stereocenters. The van der Waals surface area contributed by atoms with Crippen LogP contribution in [0.3, 0.4) is 0 Å². The Morgan fingerprint density at radius 3 is 2.90 bits per heavy atom. The van der Waals surface area contributed by atoms with Crippen LogP contribution >= 0.6 is 0 Å². The first-order valence-electron chi connectivity index (χ1n) is 3.35. The molecule has 0 bridgehead atoms. The Hall–Kier alpha value is -0.830. The monoisotopic (exact) mass is 140 g/mol. The largest absolute Gasteiger partial charge is 0.392 e. The summed E-state index contributed by atoms with van der Waals surface area (Å²) in [5.41, 5.74) is 0.987. The Morgan fingerprint density at radius 2 is 2.50 bits per heavy atom. The summed E-state index contributed by atoms with van der Waals surface area (Å²) in [7, 11) is 0. The summed E-state index contributed by atoms with van der Waals surface area (Å²) in [5.74, 6) is 0. The van der Waals surface area contributed by atoms with E-state index in [0.29, 0.717) is 6.54 Å². The number of aliphatic hydroxyl groups is 1. The molecule has 0 spiro atoms. The smallest absolute Gasteiger partial charge is 0.0950 e. The van der Waals surface area contributed by atoms with Gasteiger partial charge in [0.2, 0.25) is 0 Å². The molecule has 1 atom stereocenters. The molecule has 0 fully saturated rings. The predicted octanol–water partition coefficient (Wildman–Crippen LogP) is 0.572. The number of aryl methyl sites for hydroxylation is 1. The van der Waals surface area contributed by atoms with Crippen molar-refractivity contribution in [2.45, 2.75) is 26.5 Å². The molecule has 0 saturated carbocycles. The highest BCUT2D eigenvalue weighted by Gasteiger charge is 1.96. The summed E-state index contributed by atoms with van der Waals surface area (Å²) in [5, 5.41) is 8.97. The number of aliphatic hydroxyl groups excluding tert-OH is 1. The Bertz CT molecular complexity index is 205. The van der Waals surface area contributed by atoms with E-state index in [4.69, 9.17) is 5.11 Å². The van der Waals surface area contributed by atoms with Crippen LogP contribution in [0.4, 0.5) is 0 Å². The fourth-order valence-electron chi connectivity index (χ4n) is 0.877. The molecular weight excluding hydrogens is 128 g/mol. The second-order valence-electron chi connectivity index (χ2n) is 2.56. The van der Waals surface area contributed by atoms with Crippen LogP contribution in [0.2, 0.25) is 0 Å². The molecule has 1 heterocycles. The highest BCUT2D eigenvalue weighted by Crippen LogP contribution is 1.94. The summed E-state index contributed by atoms with van der Waals surface area (Å²) in [6, 6.07) is 0. The average Bonchev–Trinajstić information content (AvgIpc) is 2.13. The van der Waals surface area contributed by atoms with Crippen molar-refractivity contribution in [3.63, 3.8) is 0 Å². The minimum absolute atomic E-state index is 0.298. The molecule has 1 N–H and O–H groups in total. The lowest BCUT2D eigenvalue weighted by Crippen LogP contribution is -2.09. The van der Waals surface area contributed by atoms with Crippen molar-refractivity contribution >= 4 is 0 Å². The third-order valence-electron chi connectivity index (χ3n) is 1.24. The number of nitrogens with zero attached hydrogens (tertiary/aromatic N) is 2. The van der Waals surface area contributed by atoms with Crippen molar-refractivity contribution in [1.29, 1.82) is 0 Å². The van der Waals surface area contributed by atoms with Crippen molar-refractivity contribution < 1.29 is 5.11 Å². The van der Waals surface area contributed by atoms with Crippen molar-refractivity contribution in [2.24, 2.45) is 0 Å². The van der Waals surface area contributed by atoms with E-state index in [1.807, 2.05) is 17.7 Å². The number of hydrogen-bond donors (Lipinski definition) is 1. The molecule has 0 aromatic carbocycles. The van der Waals surface area contributed by atoms with Gasteiger partial charge in [0.15, 0.2) is 0 Å². The van der Waals surface area contributed by atoms with Crippen LogP contribution in [0.1, 0.15) is 12.6 Å². The summed E-state index contributed by atoms with van der Waals surface area (Å²) in [6.45, 7) is 4.31. The van der Waals surface area contributed by atoms with Gasteiger partial charge in [-0.1, -0.05) is 0 Å². The first-order valence-corrected chi connectivity index (χ1v) is 3.35. The molecule has 1 rings (SSSR count). The molecule has 0 saturated heterocycles. The Labute approximate surface area is 60.3 Å². The lowest BCUT2D eigenvalue weighted by molar-refractivity contribution is 0.173. The first-order chi connectivity index (χ1) is 4.68. The van der Waals surface area contributed by atoms with Gasteiger partial charge in [-0.25, -0.2) is 4.98 Å². The summed E-state index contributed by atoms with van der Waals surface area (Å²) >= 11 is 0. The predicted molar refractivity (Wildman–Crippen MR) is 38.6 cm³/mol. The minimum atomic E-state index is -0.298. The number of hydrogen-bond acceptors (Lipinski definition) is 2. The normalized spacial score (nSPS) is 13.5. The first kappa shape index (κ1) is 7.28. The number of rotatable bonds is 2. The standard InChI is InChI=1S/C7H12N2O/c1-6-3-9(5-8-6)4-7(2)10/h3,5,7,10H,4H2,1-2H3. The maximum atomic E-state index is 8.97. The van der Waals surface area contributed by atoms with E-state index in [1.54, 1.807) is 13.3 Å². The summed E-state index contributed by atoms with van der Waals surface area (Å²) < 4.78 is 1.88. The molecule has 3 heteroatoms. The van der Waals surface area contributed by atoms with Crippen molar-refractivity contribution in [2.75, 3.05) is 0 Å². The molecule has 56 valence electrons. The highest BCUT2D eigenvalue weighted by molar-refractivity contribution is 4.92. The van der Waals surface area contributed by atoms with Gasteiger partial charge in [-0.15, -0.1) is 0 Å². The molecule has 0 aliphatic heterocycles. The molecule has 0 aliphatic rings. The highest BCUT2D eigenvalue weighted by atomic mass is 16.3. The van der Waals surface area contributed by atoms with Crippen LogP contribution in [-0.4, -0.2) is 20.8 Å². The van der Waals surface area contributed by atoms with E-state index in [-0.39, 0.29) is 6.10 Å². The maximum Gasteiger partial charge on any atom is 0.0950 e. The SMILES string of the molecule is Cc1cn(CC(C)O)cn1. The van der Waals surface area contributed by atoms with Crippen LogP contribution < -0.4 is 0 Å². The van der Waals surface area contributed by atoms with Gasteiger partial charge in [0.25, 0.3) is 0 Å². The van der Waals surface area contributed by atoms with E-state index < -0.39 is 0 Å². The fourth-order valence-corrected chi connectivity index (χ4v) is 0.877. The van der Waals surface area contributed by atoms with E-state index in [0.717, 1.165) is 5.69 Å². The fraction of sp³-hybridized carbons (Fsp3) is 0.571. The molecule has 1 aromatic heterocycles. The molecule has 3 nitrogen and oxygen atoms in total. The van der Waals surface area contributed by atoms with Crippen molar-refractivity contribution in [3.8, 4) is 0 Å². The van der Waals surface area contributed by atoms with Gasteiger partial charge in [-0.2, -0.15) is 0 Å². The van der Waals surface area contributed by atoms with Gasteiger partial charge < -0.3 is 9.67 Å². The van der Waals surface area contributed by atoms with E-state index in [2.05, 4.69) is 4.98 Å². The van der Waals surface area contributed by atoms with Crippen molar-refractivity contribution in [1.82, 2.24) is 9.55 Å². The molecule has 0 radical (unpaired) electrons. The second kappa shape index (κ2) is 2.84. The van der Waals surface area contributed by atoms with Gasteiger partial charge in [0, 0.05) is 12.7 Å². The van der Waals surface area contributed by atoms with E-state index in [9.17, 15) is 0 Å². The Balaban J connectivity index is 2.58. The summed E-state index contributed by atoms with van der Waals surface area (Å²) in [6.07, 6.45) is 3.34.